The van der Waals surface area contributed by atoms with E-state index in [4.69, 9.17) is 5.73 Å². The first-order valence-corrected chi connectivity index (χ1v) is 6.08. The fourth-order valence-corrected chi connectivity index (χ4v) is 2.03. The fourth-order valence-electron chi connectivity index (χ4n) is 2.03. The van der Waals surface area contributed by atoms with Crippen molar-refractivity contribution in [3.05, 3.63) is 0 Å². The second kappa shape index (κ2) is 5.72. The second-order valence-electron chi connectivity index (χ2n) is 5.13. The molecule has 0 aromatic carbocycles. The maximum Gasteiger partial charge on any atom is 0.00671 e. The molecule has 1 aliphatic rings. The van der Waals surface area contributed by atoms with E-state index in [2.05, 4.69) is 26.1 Å². The quantitative estimate of drug-likeness (QED) is 0.685. The van der Waals surface area contributed by atoms with Gasteiger partial charge in [-0.05, 0) is 50.6 Å². The molecule has 1 saturated carbocycles. The summed E-state index contributed by atoms with van der Waals surface area (Å²) in [5.74, 6) is 2.26. The van der Waals surface area contributed by atoms with Crippen molar-refractivity contribution in [3.63, 3.8) is 0 Å². The van der Waals surface area contributed by atoms with Crippen LogP contribution in [0, 0.1) is 17.8 Å². The van der Waals surface area contributed by atoms with Crippen molar-refractivity contribution in [2.75, 3.05) is 13.1 Å². The van der Waals surface area contributed by atoms with Gasteiger partial charge in [0.25, 0.3) is 0 Å². The molecule has 0 radical (unpaired) electrons. The fraction of sp³-hybridized carbons (Fsp3) is 1.00. The molecule has 1 fully saturated rings. The standard InChI is InChI=1S/C12H26N2/c1-9(2)12(7-13)8-14-10(3)11-5-4-6-11/h9-12,14H,4-8,13H2,1-3H3. The molecule has 3 N–H and O–H groups in total. The average molecular weight is 198 g/mol. The van der Waals surface area contributed by atoms with E-state index in [0.29, 0.717) is 17.9 Å². The van der Waals surface area contributed by atoms with Crippen LogP contribution in [0.5, 0.6) is 0 Å². The first kappa shape index (κ1) is 12.0. The Balaban J connectivity index is 2.16. The lowest BCUT2D eigenvalue weighted by atomic mass is 9.80. The molecule has 1 aliphatic carbocycles. The van der Waals surface area contributed by atoms with Crippen molar-refractivity contribution >= 4 is 0 Å². The molecule has 84 valence electrons. The van der Waals surface area contributed by atoms with Crippen molar-refractivity contribution in [2.45, 2.75) is 46.1 Å². The Labute approximate surface area is 88.6 Å². The third kappa shape index (κ3) is 3.25. The molecule has 0 aromatic heterocycles. The highest BCUT2D eigenvalue weighted by atomic mass is 14.9. The molecule has 2 unspecified atom stereocenters. The predicted molar refractivity (Wildman–Crippen MR) is 62.2 cm³/mol. The van der Waals surface area contributed by atoms with E-state index in [0.717, 1.165) is 19.0 Å². The second-order valence-corrected chi connectivity index (χ2v) is 5.13. The first-order valence-electron chi connectivity index (χ1n) is 6.08. The lowest BCUT2D eigenvalue weighted by molar-refractivity contribution is 0.227. The molecule has 0 amide bonds. The van der Waals surface area contributed by atoms with Crippen molar-refractivity contribution in [3.8, 4) is 0 Å². The minimum atomic E-state index is 0.637. The van der Waals surface area contributed by atoms with Crippen LogP contribution in [0.25, 0.3) is 0 Å². The molecule has 0 spiro atoms. The minimum absolute atomic E-state index is 0.637. The maximum absolute atomic E-state index is 5.74. The van der Waals surface area contributed by atoms with E-state index in [9.17, 15) is 0 Å². The Hall–Kier alpha value is -0.0800. The number of hydrogen-bond donors (Lipinski definition) is 2. The van der Waals surface area contributed by atoms with Crippen LogP contribution < -0.4 is 11.1 Å². The molecule has 0 aliphatic heterocycles. The van der Waals surface area contributed by atoms with Gasteiger partial charge in [-0.15, -0.1) is 0 Å². The molecule has 2 nitrogen and oxygen atoms in total. The summed E-state index contributed by atoms with van der Waals surface area (Å²) in [6, 6.07) is 0.691. The minimum Gasteiger partial charge on any atom is -0.330 e. The topological polar surface area (TPSA) is 38.0 Å². The summed E-state index contributed by atoms with van der Waals surface area (Å²) in [6.45, 7) is 8.73. The average Bonchev–Trinajstić information content (AvgIpc) is 2.01. The van der Waals surface area contributed by atoms with E-state index >= 15 is 0 Å². The Morgan fingerprint density at radius 3 is 2.29 bits per heavy atom. The molecule has 0 aromatic rings. The third-order valence-electron chi connectivity index (χ3n) is 3.80. The van der Waals surface area contributed by atoms with Crippen LogP contribution in [0.2, 0.25) is 0 Å². The summed E-state index contributed by atoms with van der Waals surface area (Å²) in [5.41, 5.74) is 5.74. The number of hydrogen-bond acceptors (Lipinski definition) is 2. The number of rotatable bonds is 6. The summed E-state index contributed by atoms with van der Waals surface area (Å²) in [5, 5.41) is 3.64. The van der Waals surface area contributed by atoms with E-state index in [1.165, 1.54) is 19.3 Å². The van der Waals surface area contributed by atoms with Gasteiger partial charge in [-0.25, -0.2) is 0 Å². The normalized spacial score (nSPS) is 22.1. The predicted octanol–water partition coefficient (Wildman–Crippen LogP) is 2.00. The molecule has 0 saturated heterocycles. The molecular weight excluding hydrogens is 172 g/mol. The monoisotopic (exact) mass is 198 g/mol. The van der Waals surface area contributed by atoms with E-state index in [1.54, 1.807) is 0 Å². The summed E-state index contributed by atoms with van der Waals surface area (Å²) in [7, 11) is 0. The van der Waals surface area contributed by atoms with Gasteiger partial charge in [0.2, 0.25) is 0 Å². The zero-order valence-corrected chi connectivity index (χ0v) is 9.92. The molecule has 2 heteroatoms. The number of nitrogens with two attached hydrogens (primary N) is 1. The molecule has 1 rings (SSSR count). The van der Waals surface area contributed by atoms with E-state index in [1.807, 2.05) is 0 Å². The van der Waals surface area contributed by atoms with Crippen molar-refractivity contribution in [2.24, 2.45) is 23.5 Å². The third-order valence-corrected chi connectivity index (χ3v) is 3.80. The summed E-state index contributed by atoms with van der Waals surface area (Å²) >= 11 is 0. The largest absolute Gasteiger partial charge is 0.330 e. The zero-order valence-electron chi connectivity index (χ0n) is 9.92. The summed E-state index contributed by atoms with van der Waals surface area (Å²) in [6.07, 6.45) is 4.27. The van der Waals surface area contributed by atoms with Crippen molar-refractivity contribution in [1.29, 1.82) is 0 Å². The van der Waals surface area contributed by atoms with Crippen LogP contribution in [0.4, 0.5) is 0 Å². The van der Waals surface area contributed by atoms with Gasteiger partial charge >= 0.3 is 0 Å². The van der Waals surface area contributed by atoms with Gasteiger partial charge in [0, 0.05) is 6.04 Å². The highest BCUT2D eigenvalue weighted by molar-refractivity contribution is 4.80. The van der Waals surface area contributed by atoms with Crippen LogP contribution in [-0.4, -0.2) is 19.1 Å². The van der Waals surface area contributed by atoms with Gasteiger partial charge in [-0.1, -0.05) is 20.3 Å². The molecular formula is C12H26N2. The Kier molecular flexibility index (Phi) is 4.90. The maximum atomic E-state index is 5.74. The summed E-state index contributed by atoms with van der Waals surface area (Å²) < 4.78 is 0. The van der Waals surface area contributed by atoms with Gasteiger partial charge < -0.3 is 11.1 Å². The van der Waals surface area contributed by atoms with Crippen LogP contribution in [0.1, 0.15) is 40.0 Å². The van der Waals surface area contributed by atoms with E-state index in [-0.39, 0.29) is 0 Å². The molecule has 0 heterocycles. The lowest BCUT2D eigenvalue weighted by Gasteiger charge is -2.33. The van der Waals surface area contributed by atoms with Crippen LogP contribution in [-0.2, 0) is 0 Å². The van der Waals surface area contributed by atoms with Crippen molar-refractivity contribution in [1.82, 2.24) is 5.32 Å². The Bertz CT molecular complexity index is 152. The van der Waals surface area contributed by atoms with Gasteiger partial charge in [0.15, 0.2) is 0 Å². The van der Waals surface area contributed by atoms with Crippen molar-refractivity contribution < 1.29 is 0 Å². The SMILES string of the molecule is CC(C)C(CN)CNC(C)C1CCC1. The zero-order chi connectivity index (χ0) is 10.6. The smallest absolute Gasteiger partial charge is 0.00671 e. The summed E-state index contributed by atoms with van der Waals surface area (Å²) in [4.78, 5) is 0. The Morgan fingerprint density at radius 1 is 1.29 bits per heavy atom. The lowest BCUT2D eigenvalue weighted by Crippen LogP contribution is -2.41. The Morgan fingerprint density at radius 2 is 1.93 bits per heavy atom. The molecule has 0 bridgehead atoms. The van der Waals surface area contributed by atoms with Crippen LogP contribution in [0.3, 0.4) is 0 Å². The molecule has 14 heavy (non-hydrogen) atoms. The van der Waals surface area contributed by atoms with Gasteiger partial charge in [0.05, 0.1) is 0 Å². The highest BCUT2D eigenvalue weighted by Gasteiger charge is 2.24. The van der Waals surface area contributed by atoms with Gasteiger partial charge in [0.1, 0.15) is 0 Å². The first-order chi connectivity index (χ1) is 6.65. The highest BCUT2D eigenvalue weighted by Crippen LogP contribution is 2.29. The van der Waals surface area contributed by atoms with E-state index < -0.39 is 0 Å². The van der Waals surface area contributed by atoms with Crippen LogP contribution >= 0.6 is 0 Å². The molecule has 2 atom stereocenters. The van der Waals surface area contributed by atoms with Gasteiger partial charge in [-0.3, -0.25) is 0 Å². The van der Waals surface area contributed by atoms with Crippen LogP contribution in [0.15, 0.2) is 0 Å². The van der Waals surface area contributed by atoms with Gasteiger partial charge in [-0.2, -0.15) is 0 Å². The number of nitrogens with one attached hydrogen (secondary N) is 1.